The number of rotatable bonds is 6. The Kier molecular flexibility index (Phi) is 7.67. The van der Waals surface area contributed by atoms with E-state index < -0.39 is 45.4 Å². The number of alkyl halides is 3. The van der Waals surface area contributed by atoms with Crippen LogP contribution in [0.25, 0.3) is 22.2 Å². The van der Waals surface area contributed by atoms with Gasteiger partial charge in [0.05, 0.1) is 45.9 Å². The van der Waals surface area contributed by atoms with Gasteiger partial charge in [0.2, 0.25) is 5.91 Å². The summed E-state index contributed by atoms with van der Waals surface area (Å²) in [7, 11) is 0. The van der Waals surface area contributed by atoms with Gasteiger partial charge in [0.15, 0.2) is 11.6 Å². The number of pyridine rings is 2. The molecule has 2 aliphatic heterocycles. The summed E-state index contributed by atoms with van der Waals surface area (Å²) in [6.45, 7) is 3.18. The highest BCUT2D eigenvalue weighted by molar-refractivity contribution is 6.36. The summed E-state index contributed by atoms with van der Waals surface area (Å²) < 4.78 is 71.6. The molecule has 3 aromatic heterocycles. The molecule has 1 saturated heterocycles. The number of nitrogens with one attached hydrogen (secondary N) is 1. The second-order valence-corrected chi connectivity index (χ2v) is 11.2. The second-order valence-electron chi connectivity index (χ2n) is 10.8. The lowest BCUT2D eigenvalue weighted by atomic mass is 9.98. The zero-order valence-corrected chi connectivity index (χ0v) is 24.8. The minimum absolute atomic E-state index is 0.0133. The molecule has 0 bridgehead atoms. The summed E-state index contributed by atoms with van der Waals surface area (Å²) in [4.78, 5) is 30.4. The Bertz CT molecular complexity index is 1840. The van der Waals surface area contributed by atoms with Gasteiger partial charge in [-0.15, -0.1) is 0 Å². The third kappa shape index (κ3) is 5.45. The van der Waals surface area contributed by atoms with Crippen molar-refractivity contribution in [3.8, 4) is 23.0 Å². The topological polar surface area (TPSA) is 154 Å². The molecule has 6 rings (SSSR count). The van der Waals surface area contributed by atoms with Crippen LogP contribution in [0.4, 0.5) is 35.0 Å². The number of aromatic nitrogens is 4. The number of nitrogens with two attached hydrogens (primary N) is 2. The zero-order valence-electron chi connectivity index (χ0n) is 24.0. The quantitative estimate of drug-likeness (QED) is 0.244. The molecule has 16 heteroatoms. The van der Waals surface area contributed by atoms with Gasteiger partial charge < -0.3 is 31.2 Å². The van der Waals surface area contributed by atoms with Crippen molar-refractivity contribution in [3.63, 3.8) is 0 Å². The number of carbonyl (C=O) groups is 1. The fourth-order valence-electron chi connectivity index (χ4n) is 5.75. The first-order valence-electron chi connectivity index (χ1n) is 13.9. The Morgan fingerprint density at radius 1 is 1.27 bits per heavy atom. The molecule has 0 aliphatic carbocycles. The van der Waals surface area contributed by atoms with E-state index in [4.69, 9.17) is 32.5 Å². The molecule has 4 aromatic rings. The molecule has 236 valence electrons. The van der Waals surface area contributed by atoms with Crippen molar-refractivity contribution in [2.24, 2.45) is 0 Å². The van der Waals surface area contributed by atoms with E-state index >= 15 is 4.39 Å². The summed E-state index contributed by atoms with van der Waals surface area (Å²) in [6.07, 6.45) is -2.55. The normalized spacial score (nSPS) is 17.2. The molecule has 0 spiro atoms. The van der Waals surface area contributed by atoms with Gasteiger partial charge in [0.1, 0.15) is 36.2 Å². The minimum Gasteiger partial charge on any atom is -0.489 e. The summed E-state index contributed by atoms with van der Waals surface area (Å²) in [6, 6.07) is 3.45. The number of nitrogen functional groups attached to an aromatic ring is 2. The van der Waals surface area contributed by atoms with E-state index in [0.29, 0.717) is 18.4 Å². The number of halogens is 5. The average molecular weight is 647 g/mol. The molecular formula is C29H27ClF4N8O3. The predicted octanol–water partition coefficient (Wildman–Crippen LogP) is 4.99. The maximum absolute atomic E-state index is 16.7. The van der Waals surface area contributed by atoms with Crippen molar-refractivity contribution >= 4 is 45.9 Å². The van der Waals surface area contributed by atoms with Crippen LogP contribution in [-0.4, -0.2) is 51.6 Å². The fourth-order valence-corrected chi connectivity index (χ4v) is 6.07. The Balaban J connectivity index is 1.61. The lowest BCUT2D eigenvalue weighted by Crippen LogP contribution is -2.32. The van der Waals surface area contributed by atoms with Crippen molar-refractivity contribution < 1.29 is 31.8 Å². The van der Waals surface area contributed by atoms with Crippen LogP contribution in [0.15, 0.2) is 24.4 Å². The van der Waals surface area contributed by atoms with Gasteiger partial charge in [-0.25, -0.2) is 14.4 Å². The van der Waals surface area contributed by atoms with Crippen LogP contribution in [-0.2, 0) is 11.0 Å². The van der Waals surface area contributed by atoms with E-state index in [1.54, 1.807) is 23.2 Å². The molecule has 1 aromatic carbocycles. The minimum atomic E-state index is -4.92. The number of nitrogens with zero attached hydrogens (tertiary/aromatic N) is 5. The van der Waals surface area contributed by atoms with Gasteiger partial charge in [0, 0.05) is 18.2 Å². The molecule has 11 nitrogen and oxygen atoms in total. The van der Waals surface area contributed by atoms with E-state index in [9.17, 15) is 18.0 Å². The highest BCUT2D eigenvalue weighted by atomic mass is 35.5. The van der Waals surface area contributed by atoms with E-state index in [0.717, 1.165) is 6.07 Å². The van der Waals surface area contributed by atoms with Crippen LogP contribution < -0.4 is 31.2 Å². The highest BCUT2D eigenvalue weighted by Gasteiger charge is 2.40. The summed E-state index contributed by atoms with van der Waals surface area (Å²) in [5.41, 5.74) is 9.27. The number of carbonyl (C=O) groups excluding carboxylic acids is 1. The average Bonchev–Trinajstić information content (AvgIpc) is 3.29. The molecule has 0 radical (unpaired) electrons. The molecule has 0 unspecified atom stereocenters. The molecule has 5 N–H and O–H groups in total. The Labute approximate surface area is 258 Å². The van der Waals surface area contributed by atoms with Gasteiger partial charge in [-0.1, -0.05) is 17.7 Å². The standard InChI is InChI=1S/C29H27ClF4N8O3/c1-12-10-16(35)39-23(20(12)29(32,33)34)18-21(30)25-19-24(22(18)31)40-28(45-11-14-5-6-17(43)38-14)41-27(19)42(8-9-44-25)13(2)15-4-3-7-37-26(15)36/h3-4,7,10,13-14H,5-6,8-9,11H2,1-2H3,(H2,35,39)(H2,36,37)(H,38,43)/t13-,14+/m1/s1. The number of amides is 1. The Morgan fingerprint density at radius 3 is 2.73 bits per heavy atom. The van der Waals surface area contributed by atoms with Gasteiger partial charge in [0.25, 0.3) is 0 Å². The molecule has 0 saturated carbocycles. The first kappa shape index (κ1) is 30.4. The summed E-state index contributed by atoms with van der Waals surface area (Å²) in [5, 5.41) is 2.33. The molecule has 45 heavy (non-hydrogen) atoms. The number of aryl methyl sites for hydroxylation is 1. The fraction of sp³-hybridized carbons (Fsp3) is 0.345. The van der Waals surface area contributed by atoms with E-state index in [2.05, 4.69) is 25.3 Å². The number of benzene rings is 1. The maximum atomic E-state index is 16.7. The van der Waals surface area contributed by atoms with Crippen molar-refractivity contribution in [2.75, 3.05) is 36.1 Å². The van der Waals surface area contributed by atoms with Crippen LogP contribution in [0, 0.1) is 12.7 Å². The maximum Gasteiger partial charge on any atom is 0.418 e. The summed E-state index contributed by atoms with van der Waals surface area (Å²) in [5.74, 6) is -1.33. The Morgan fingerprint density at radius 2 is 2.04 bits per heavy atom. The van der Waals surface area contributed by atoms with Crippen LogP contribution in [0.2, 0.25) is 5.02 Å². The van der Waals surface area contributed by atoms with Crippen molar-refractivity contribution in [1.29, 1.82) is 0 Å². The third-order valence-electron chi connectivity index (χ3n) is 7.84. The van der Waals surface area contributed by atoms with Crippen LogP contribution in [0.1, 0.15) is 42.5 Å². The number of hydrogen-bond acceptors (Lipinski definition) is 10. The van der Waals surface area contributed by atoms with E-state index in [1.165, 1.54) is 6.92 Å². The van der Waals surface area contributed by atoms with E-state index in [-0.39, 0.29) is 71.9 Å². The first-order chi connectivity index (χ1) is 21.3. The smallest absolute Gasteiger partial charge is 0.418 e. The monoisotopic (exact) mass is 646 g/mol. The van der Waals surface area contributed by atoms with Crippen LogP contribution in [0.3, 0.4) is 0 Å². The molecule has 2 atom stereocenters. The Hall–Kier alpha value is -4.66. The SMILES string of the molecule is Cc1cc(N)nc(-c2c(Cl)c3c4c(nc(OC[C@@H]5CCC(=O)N5)nc4c2F)N([C@H](C)c2cccnc2N)CCO3)c1C(F)(F)F. The molecule has 5 heterocycles. The van der Waals surface area contributed by atoms with Crippen molar-refractivity contribution in [3.05, 3.63) is 51.9 Å². The van der Waals surface area contributed by atoms with Gasteiger partial charge in [-0.05, 0) is 38.0 Å². The lowest BCUT2D eigenvalue weighted by molar-refractivity contribution is -0.137. The summed E-state index contributed by atoms with van der Waals surface area (Å²) >= 11 is 6.71. The molecule has 1 fully saturated rings. The van der Waals surface area contributed by atoms with Crippen LogP contribution >= 0.6 is 11.6 Å². The van der Waals surface area contributed by atoms with Gasteiger partial charge in [-0.3, -0.25) is 4.79 Å². The number of anilines is 3. The molecule has 1 amide bonds. The van der Waals surface area contributed by atoms with Crippen LogP contribution in [0.5, 0.6) is 11.8 Å². The number of hydrogen-bond donors (Lipinski definition) is 3. The van der Waals surface area contributed by atoms with Crippen molar-refractivity contribution in [2.45, 2.75) is 44.9 Å². The lowest BCUT2D eigenvalue weighted by Gasteiger charge is -2.30. The van der Waals surface area contributed by atoms with Gasteiger partial charge >= 0.3 is 12.2 Å². The van der Waals surface area contributed by atoms with Crippen molar-refractivity contribution in [1.82, 2.24) is 25.3 Å². The highest BCUT2D eigenvalue weighted by Crippen LogP contribution is 2.50. The first-order valence-corrected chi connectivity index (χ1v) is 14.3. The van der Waals surface area contributed by atoms with Gasteiger partial charge in [-0.2, -0.15) is 23.1 Å². The molecular weight excluding hydrogens is 620 g/mol. The van der Waals surface area contributed by atoms with E-state index in [1.807, 2.05) is 6.92 Å². The number of ether oxygens (including phenoxy) is 2. The largest absolute Gasteiger partial charge is 0.489 e. The molecule has 2 aliphatic rings. The zero-order chi connectivity index (χ0) is 32.2. The second kappa shape index (κ2) is 11.4. The third-order valence-corrected chi connectivity index (χ3v) is 8.20. The predicted molar refractivity (Wildman–Crippen MR) is 158 cm³/mol.